The number of likely N-dealkylation sites (N-methyl/N-ethyl adjacent to an activating group) is 1. The van der Waals surface area contributed by atoms with Crippen molar-refractivity contribution in [2.45, 2.75) is 6.92 Å². The maximum absolute atomic E-state index is 9.07. The van der Waals surface area contributed by atoms with E-state index in [1.54, 1.807) is 6.20 Å². The highest BCUT2D eigenvalue weighted by atomic mass is 15.2. The molecule has 2 N–H and O–H groups in total. The van der Waals surface area contributed by atoms with Crippen LogP contribution in [0.2, 0.25) is 0 Å². The van der Waals surface area contributed by atoms with Gasteiger partial charge in [0, 0.05) is 26.2 Å². The van der Waals surface area contributed by atoms with E-state index in [4.69, 9.17) is 11.0 Å². The van der Waals surface area contributed by atoms with Crippen molar-refractivity contribution in [3.05, 3.63) is 17.3 Å². The highest BCUT2D eigenvalue weighted by Gasteiger charge is 2.18. The molecule has 0 unspecified atom stereocenters. The molecule has 17 heavy (non-hydrogen) atoms. The predicted octanol–water partition coefficient (Wildman–Crippen LogP) is 0.596. The lowest BCUT2D eigenvalue weighted by Gasteiger charge is -2.34. The average Bonchev–Trinajstić information content (AvgIpc) is 2.31. The number of piperazine rings is 1. The summed E-state index contributed by atoms with van der Waals surface area (Å²) in [6, 6.07) is 2.13. The van der Waals surface area contributed by atoms with Crippen LogP contribution in [-0.4, -0.2) is 43.1 Å². The van der Waals surface area contributed by atoms with Crippen molar-refractivity contribution in [1.29, 1.82) is 5.26 Å². The molecule has 1 aromatic heterocycles. The average molecular weight is 231 g/mol. The Morgan fingerprint density at radius 3 is 2.59 bits per heavy atom. The van der Waals surface area contributed by atoms with E-state index >= 15 is 0 Å². The minimum absolute atomic E-state index is 0.322. The molecule has 0 bridgehead atoms. The topological polar surface area (TPSA) is 69.2 Å². The van der Waals surface area contributed by atoms with Crippen LogP contribution in [0.15, 0.2) is 6.20 Å². The Hall–Kier alpha value is -1.80. The van der Waals surface area contributed by atoms with E-state index in [0.717, 1.165) is 37.4 Å². The molecule has 1 fully saturated rings. The molecule has 0 radical (unpaired) electrons. The first-order valence-electron chi connectivity index (χ1n) is 5.72. The number of hydrogen-bond donors (Lipinski definition) is 1. The van der Waals surface area contributed by atoms with Gasteiger partial charge < -0.3 is 15.5 Å². The molecular weight excluding hydrogens is 214 g/mol. The Labute approximate surface area is 101 Å². The van der Waals surface area contributed by atoms with Crippen LogP contribution >= 0.6 is 0 Å². The Morgan fingerprint density at radius 1 is 1.35 bits per heavy atom. The third kappa shape index (κ3) is 2.17. The molecule has 0 amide bonds. The lowest BCUT2D eigenvalue weighted by molar-refractivity contribution is 0.312. The molecule has 5 nitrogen and oxygen atoms in total. The fourth-order valence-corrected chi connectivity index (χ4v) is 2.12. The maximum atomic E-state index is 9.07. The monoisotopic (exact) mass is 231 g/mol. The molecule has 0 saturated carbocycles. The van der Waals surface area contributed by atoms with Gasteiger partial charge in [-0.15, -0.1) is 0 Å². The summed E-state index contributed by atoms with van der Waals surface area (Å²) in [6.07, 6.45) is 1.77. The Balaban J connectivity index is 2.31. The van der Waals surface area contributed by atoms with E-state index in [1.165, 1.54) is 0 Å². The number of pyridine rings is 1. The zero-order valence-corrected chi connectivity index (χ0v) is 10.3. The van der Waals surface area contributed by atoms with E-state index in [0.29, 0.717) is 11.4 Å². The van der Waals surface area contributed by atoms with Gasteiger partial charge in [0.2, 0.25) is 0 Å². The van der Waals surface area contributed by atoms with Crippen LogP contribution in [0.25, 0.3) is 0 Å². The number of anilines is 2. The quantitative estimate of drug-likeness (QED) is 0.766. The molecule has 2 rings (SSSR count). The van der Waals surface area contributed by atoms with Gasteiger partial charge in [0.05, 0.1) is 17.4 Å². The first-order chi connectivity index (χ1) is 8.13. The van der Waals surface area contributed by atoms with E-state index < -0.39 is 0 Å². The van der Waals surface area contributed by atoms with E-state index in [9.17, 15) is 0 Å². The lowest BCUT2D eigenvalue weighted by atomic mass is 10.1. The van der Waals surface area contributed by atoms with Gasteiger partial charge in [-0.2, -0.15) is 5.26 Å². The van der Waals surface area contributed by atoms with Crippen LogP contribution in [0.5, 0.6) is 0 Å². The summed E-state index contributed by atoms with van der Waals surface area (Å²) in [4.78, 5) is 8.66. The number of nitrogen functional groups attached to an aromatic ring is 1. The number of hydrogen-bond acceptors (Lipinski definition) is 5. The fourth-order valence-electron chi connectivity index (χ4n) is 2.12. The van der Waals surface area contributed by atoms with Crippen molar-refractivity contribution in [2.24, 2.45) is 0 Å². The molecule has 0 aliphatic carbocycles. The van der Waals surface area contributed by atoms with Gasteiger partial charge in [0.1, 0.15) is 11.9 Å². The van der Waals surface area contributed by atoms with Crippen molar-refractivity contribution in [2.75, 3.05) is 43.9 Å². The summed E-state index contributed by atoms with van der Waals surface area (Å²) in [6.45, 7) is 5.93. The van der Waals surface area contributed by atoms with Gasteiger partial charge in [0.25, 0.3) is 0 Å². The third-order valence-corrected chi connectivity index (χ3v) is 3.30. The first-order valence-corrected chi connectivity index (χ1v) is 5.72. The second-order valence-corrected chi connectivity index (χ2v) is 4.43. The largest absolute Gasteiger partial charge is 0.383 e. The standard InChI is InChI=1S/C12H17N5/c1-9-10(7-13)12(14)15-8-11(9)17-5-3-16(2)4-6-17/h8H,3-6H2,1-2H3,(H2,14,15). The number of nitriles is 1. The van der Waals surface area contributed by atoms with Crippen molar-refractivity contribution >= 4 is 11.5 Å². The van der Waals surface area contributed by atoms with E-state index in [2.05, 4.69) is 27.9 Å². The second kappa shape index (κ2) is 4.60. The molecule has 0 atom stereocenters. The molecule has 1 aromatic rings. The molecule has 1 aliphatic heterocycles. The predicted molar refractivity (Wildman–Crippen MR) is 67.8 cm³/mol. The van der Waals surface area contributed by atoms with E-state index in [1.807, 2.05) is 6.92 Å². The highest BCUT2D eigenvalue weighted by molar-refractivity contribution is 5.64. The molecule has 5 heteroatoms. The summed E-state index contributed by atoms with van der Waals surface area (Å²) < 4.78 is 0. The summed E-state index contributed by atoms with van der Waals surface area (Å²) in [5.41, 5.74) is 8.16. The van der Waals surface area contributed by atoms with Crippen molar-refractivity contribution in [1.82, 2.24) is 9.88 Å². The van der Waals surface area contributed by atoms with Crippen molar-refractivity contribution < 1.29 is 0 Å². The smallest absolute Gasteiger partial charge is 0.141 e. The highest BCUT2D eigenvalue weighted by Crippen LogP contribution is 2.25. The minimum atomic E-state index is 0.322. The Morgan fingerprint density at radius 2 is 2.00 bits per heavy atom. The zero-order chi connectivity index (χ0) is 12.4. The molecule has 0 spiro atoms. The first kappa shape index (κ1) is 11.7. The number of nitrogens with zero attached hydrogens (tertiary/aromatic N) is 4. The van der Waals surface area contributed by atoms with Crippen LogP contribution in [0.3, 0.4) is 0 Å². The van der Waals surface area contributed by atoms with Crippen molar-refractivity contribution in [3.8, 4) is 6.07 Å². The number of rotatable bonds is 1. The zero-order valence-electron chi connectivity index (χ0n) is 10.3. The van der Waals surface area contributed by atoms with Crippen LogP contribution < -0.4 is 10.6 Å². The van der Waals surface area contributed by atoms with Gasteiger partial charge in [-0.3, -0.25) is 0 Å². The van der Waals surface area contributed by atoms with Gasteiger partial charge in [0.15, 0.2) is 0 Å². The molecule has 0 aromatic carbocycles. The normalized spacial score (nSPS) is 16.9. The molecule has 90 valence electrons. The molecule has 1 aliphatic rings. The molecular formula is C12H17N5. The lowest BCUT2D eigenvalue weighted by Crippen LogP contribution is -2.44. The van der Waals surface area contributed by atoms with Crippen LogP contribution in [0.4, 0.5) is 11.5 Å². The number of nitrogens with two attached hydrogens (primary N) is 1. The van der Waals surface area contributed by atoms with Gasteiger partial charge in [-0.1, -0.05) is 0 Å². The maximum Gasteiger partial charge on any atom is 0.141 e. The third-order valence-electron chi connectivity index (χ3n) is 3.30. The Kier molecular flexibility index (Phi) is 3.16. The second-order valence-electron chi connectivity index (χ2n) is 4.43. The van der Waals surface area contributed by atoms with Gasteiger partial charge in [-0.25, -0.2) is 4.98 Å². The van der Waals surface area contributed by atoms with Crippen molar-refractivity contribution in [3.63, 3.8) is 0 Å². The SMILES string of the molecule is Cc1c(N2CCN(C)CC2)cnc(N)c1C#N. The minimum Gasteiger partial charge on any atom is -0.383 e. The number of aromatic nitrogens is 1. The summed E-state index contributed by atoms with van der Waals surface area (Å²) in [5, 5.41) is 9.07. The van der Waals surface area contributed by atoms with E-state index in [-0.39, 0.29) is 0 Å². The van der Waals surface area contributed by atoms with Gasteiger partial charge >= 0.3 is 0 Å². The van der Waals surface area contributed by atoms with Crippen LogP contribution in [0.1, 0.15) is 11.1 Å². The summed E-state index contributed by atoms with van der Waals surface area (Å²) >= 11 is 0. The van der Waals surface area contributed by atoms with Crippen LogP contribution in [-0.2, 0) is 0 Å². The summed E-state index contributed by atoms with van der Waals surface area (Å²) in [5.74, 6) is 0.322. The van der Waals surface area contributed by atoms with Crippen LogP contribution in [0, 0.1) is 18.3 Å². The molecule has 1 saturated heterocycles. The van der Waals surface area contributed by atoms with Gasteiger partial charge in [-0.05, 0) is 19.5 Å². The molecule has 2 heterocycles. The Bertz CT molecular complexity index is 455. The summed E-state index contributed by atoms with van der Waals surface area (Å²) in [7, 11) is 2.12. The fraction of sp³-hybridized carbons (Fsp3) is 0.500.